The molecule has 0 aromatic rings. The highest BCUT2D eigenvalue weighted by atomic mass is 32.6. The third-order valence-electron chi connectivity index (χ3n) is 1.14. The van der Waals surface area contributed by atoms with Crippen LogP contribution in [-0.4, -0.2) is 32.6 Å². The van der Waals surface area contributed by atoms with Crippen LogP contribution in [0.4, 0.5) is 0 Å². The van der Waals surface area contributed by atoms with Gasteiger partial charge in [0.25, 0.3) is 0 Å². The lowest BCUT2D eigenvalue weighted by atomic mass is 10.9. The van der Waals surface area contributed by atoms with Crippen LogP contribution in [0.15, 0.2) is 0 Å². The largest absolute Gasteiger partial charge is 0.474 e. The van der Waals surface area contributed by atoms with Gasteiger partial charge in [-0.25, -0.2) is 0 Å². The van der Waals surface area contributed by atoms with Crippen LogP contribution in [0.1, 0.15) is 13.8 Å². The molecule has 0 aromatic heterocycles. The van der Waals surface area contributed by atoms with E-state index in [9.17, 15) is 0 Å². The molecule has 0 unspecified atom stereocenters. The monoisotopic (exact) mass is 212 g/mol. The van der Waals surface area contributed by atoms with Crippen molar-refractivity contribution in [2.24, 2.45) is 0 Å². The van der Waals surface area contributed by atoms with Gasteiger partial charge < -0.3 is 8.85 Å². The van der Waals surface area contributed by atoms with Gasteiger partial charge in [0.15, 0.2) is 0 Å². The molecule has 0 bridgehead atoms. The third-order valence-corrected chi connectivity index (χ3v) is 10.8. The summed E-state index contributed by atoms with van der Waals surface area (Å²) in [6, 6.07) is 0. The molecule has 0 spiro atoms. The minimum absolute atomic E-state index is 0.744. The van der Waals surface area contributed by atoms with E-state index in [-0.39, 0.29) is 0 Å². The zero-order valence-electron chi connectivity index (χ0n) is 7.55. The van der Waals surface area contributed by atoms with E-state index in [2.05, 4.69) is 0 Å². The van der Waals surface area contributed by atoms with Crippen molar-refractivity contribution in [2.45, 2.75) is 13.8 Å². The van der Waals surface area contributed by atoms with Crippen molar-refractivity contribution in [3.63, 3.8) is 0 Å². The molecule has 0 aliphatic carbocycles. The normalized spacial score (nSPS) is 12.0. The molecule has 0 atom stereocenters. The molecule has 0 heterocycles. The lowest BCUT2D eigenvalue weighted by Crippen LogP contribution is -2.34. The molecule has 0 saturated heterocycles. The molecule has 2 nitrogen and oxygen atoms in total. The fraction of sp³-hybridized carbons (Fsp3) is 1.00. The van der Waals surface area contributed by atoms with Crippen molar-refractivity contribution in [1.29, 1.82) is 0 Å². The van der Waals surface area contributed by atoms with Crippen LogP contribution in [-0.2, 0) is 8.85 Å². The molecule has 0 rings (SSSR count). The van der Waals surface area contributed by atoms with Crippen molar-refractivity contribution < 1.29 is 8.85 Å². The quantitative estimate of drug-likeness (QED) is 0.628. The first-order chi connectivity index (χ1) is 5.24. The molecule has 5 heteroatoms. The molecule has 0 saturated carbocycles. The van der Waals surface area contributed by atoms with Gasteiger partial charge in [0, 0.05) is 13.2 Å². The van der Waals surface area contributed by atoms with E-state index in [0.717, 1.165) is 13.2 Å². The second-order valence-electron chi connectivity index (χ2n) is 1.77. The molecule has 0 radical (unpaired) electrons. The van der Waals surface area contributed by atoms with Crippen LogP contribution >= 0.6 is 22.4 Å². The van der Waals surface area contributed by atoms with Gasteiger partial charge in [-0.05, 0) is 26.4 Å². The Balaban J connectivity index is 3.96. The second-order valence-corrected chi connectivity index (χ2v) is 10.6. The molecule has 0 amide bonds. The zero-order valence-corrected chi connectivity index (χ0v) is 10.2. The van der Waals surface area contributed by atoms with Gasteiger partial charge in [0.1, 0.15) is 0 Å². The van der Waals surface area contributed by atoms with Gasteiger partial charge in [-0.2, -0.15) is 0 Å². The molecule has 0 aliphatic heterocycles. The van der Waals surface area contributed by atoms with E-state index in [4.69, 9.17) is 8.85 Å². The Hall–Kier alpha value is 0.837. The van der Waals surface area contributed by atoms with Gasteiger partial charge >= 0.3 is 6.86 Å². The summed E-state index contributed by atoms with van der Waals surface area (Å²) in [6.45, 7) is 3.59. The molecule has 68 valence electrons. The minimum atomic E-state index is -1.91. The summed E-state index contributed by atoms with van der Waals surface area (Å²) >= 11 is 3.45. The van der Waals surface area contributed by atoms with Crippen LogP contribution in [0.3, 0.4) is 0 Å². The average Bonchev–Trinajstić information content (AvgIpc) is 2.04. The van der Waals surface area contributed by atoms with E-state index in [0.29, 0.717) is 0 Å². The summed E-state index contributed by atoms with van der Waals surface area (Å²) in [6.07, 6.45) is 4.10. The summed E-state index contributed by atoms with van der Waals surface area (Å²) in [5, 5.41) is 0. The fourth-order valence-corrected chi connectivity index (χ4v) is 6.97. The van der Waals surface area contributed by atoms with E-state index in [1.54, 1.807) is 22.4 Å². The fourth-order valence-electron chi connectivity index (χ4n) is 0.714. The van der Waals surface area contributed by atoms with Crippen molar-refractivity contribution in [3.8, 4) is 0 Å². The lowest BCUT2D eigenvalue weighted by molar-refractivity contribution is 0.226. The summed E-state index contributed by atoms with van der Waals surface area (Å²) in [4.78, 5) is 0. The average molecular weight is 212 g/mol. The first-order valence-corrected chi connectivity index (χ1v) is 9.34. The number of hydrogen-bond acceptors (Lipinski definition) is 4. The summed E-state index contributed by atoms with van der Waals surface area (Å²) in [5.74, 6) is 0. The highest BCUT2D eigenvalue weighted by Gasteiger charge is 2.36. The Kier molecular flexibility index (Phi) is 6.85. The molecule has 0 aromatic carbocycles. The Labute approximate surface area is 78.0 Å². The predicted octanol–water partition coefficient (Wildman–Crippen LogP) is 2.22. The third kappa shape index (κ3) is 3.84. The van der Waals surface area contributed by atoms with Crippen LogP contribution in [0.25, 0.3) is 0 Å². The number of hydrogen-bond donors (Lipinski definition) is 0. The first kappa shape index (κ1) is 11.8. The maximum Gasteiger partial charge on any atom is 0.474 e. The summed E-state index contributed by atoms with van der Waals surface area (Å²) in [7, 11) is 0. The summed E-state index contributed by atoms with van der Waals surface area (Å²) in [5.41, 5.74) is 0. The van der Waals surface area contributed by atoms with Crippen molar-refractivity contribution >= 4 is 29.3 Å². The van der Waals surface area contributed by atoms with Crippen LogP contribution in [0.2, 0.25) is 0 Å². The molecular weight excluding hydrogens is 196 g/mol. The van der Waals surface area contributed by atoms with Crippen LogP contribution in [0, 0.1) is 0 Å². The smallest absolute Gasteiger partial charge is 0.379 e. The molecule has 0 N–H and O–H groups in total. The van der Waals surface area contributed by atoms with E-state index in [1.807, 2.05) is 26.4 Å². The Morgan fingerprint density at radius 3 is 1.55 bits per heavy atom. The van der Waals surface area contributed by atoms with Gasteiger partial charge in [-0.1, -0.05) is 0 Å². The first-order valence-electron chi connectivity index (χ1n) is 3.62. The molecule has 11 heavy (non-hydrogen) atoms. The standard InChI is InChI=1S/C6H16O2S2Si/c1-5-7-11(9-3,10-4)8-6-2/h5-6H2,1-4H3. The highest BCUT2D eigenvalue weighted by molar-refractivity contribution is 8.56. The zero-order chi connectivity index (χ0) is 8.74. The van der Waals surface area contributed by atoms with Gasteiger partial charge in [-0.3, -0.25) is 0 Å². The Bertz CT molecular complexity index is 90.6. The Morgan fingerprint density at radius 1 is 1.00 bits per heavy atom. The maximum atomic E-state index is 5.61. The summed E-state index contributed by atoms with van der Waals surface area (Å²) < 4.78 is 11.2. The van der Waals surface area contributed by atoms with E-state index < -0.39 is 6.86 Å². The SMILES string of the molecule is CCO[Si](OCC)(SC)SC. The molecular formula is C6H16O2S2Si. The molecule has 0 aliphatic rings. The number of rotatable bonds is 6. The van der Waals surface area contributed by atoms with Gasteiger partial charge in [0.2, 0.25) is 0 Å². The van der Waals surface area contributed by atoms with Crippen molar-refractivity contribution in [1.82, 2.24) is 0 Å². The lowest BCUT2D eigenvalue weighted by Gasteiger charge is -2.24. The van der Waals surface area contributed by atoms with E-state index in [1.165, 1.54) is 0 Å². The second kappa shape index (κ2) is 6.36. The van der Waals surface area contributed by atoms with E-state index >= 15 is 0 Å². The highest BCUT2D eigenvalue weighted by Crippen LogP contribution is 2.30. The minimum Gasteiger partial charge on any atom is -0.379 e. The maximum absolute atomic E-state index is 5.61. The Morgan fingerprint density at radius 2 is 1.36 bits per heavy atom. The molecule has 0 fully saturated rings. The van der Waals surface area contributed by atoms with Crippen molar-refractivity contribution in [3.05, 3.63) is 0 Å². The van der Waals surface area contributed by atoms with Crippen LogP contribution in [0.5, 0.6) is 0 Å². The predicted molar refractivity (Wildman–Crippen MR) is 56.0 cm³/mol. The van der Waals surface area contributed by atoms with Crippen molar-refractivity contribution in [2.75, 3.05) is 25.7 Å². The van der Waals surface area contributed by atoms with Crippen LogP contribution < -0.4 is 0 Å². The topological polar surface area (TPSA) is 18.5 Å². The van der Waals surface area contributed by atoms with Gasteiger partial charge in [-0.15, -0.1) is 22.4 Å². The van der Waals surface area contributed by atoms with Gasteiger partial charge in [0.05, 0.1) is 0 Å².